The minimum atomic E-state index is -4.97. The molecule has 0 spiro atoms. The number of para-hydroxylation sites is 1. The molecule has 0 aliphatic carbocycles. The monoisotopic (exact) mass is 506 g/mol. The Morgan fingerprint density at radius 2 is 1.84 bits per heavy atom. The molecule has 0 fully saturated rings. The molecule has 1 aliphatic heterocycles. The van der Waals surface area contributed by atoms with Gasteiger partial charge < -0.3 is 10.2 Å². The van der Waals surface area contributed by atoms with Crippen LogP contribution in [0.1, 0.15) is 27.3 Å². The minimum absolute atomic E-state index is 0.247. The number of carbonyl (C=O) groups excluding carboxylic acids is 2. The molecule has 0 unspecified atom stereocenters. The van der Waals surface area contributed by atoms with Gasteiger partial charge in [-0.05, 0) is 49.2 Å². The second-order valence-electron chi connectivity index (χ2n) is 7.32. The Morgan fingerprint density at radius 3 is 2.53 bits per heavy atom. The number of fused-ring (bicyclic) bond motifs is 1. The number of halogens is 4. The molecule has 2 amide bonds. The van der Waals surface area contributed by atoms with E-state index in [0.717, 1.165) is 15.7 Å². The first-order chi connectivity index (χ1) is 15.2. The van der Waals surface area contributed by atoms with Gasteiger partial charge in [0, 0.05) is 28.8 Å². The van der Waals surface area contributed by atoms with Crippen LogP contribution in [0.25, 0.3) is 5.69 Å². The van der Waals surface area contributed by atoms with E-state index < -0.39 is 12.1 Å². The van der Waals surface area contributed by atoms with Crippen LogP contribution in [-0.2, 0) is 17.8 Å². The standard InChI is InChI=1S/C22H18BrF3N4O2/c1-13-17-10-11-29(16-8-6-15(23)7-9-16)20(31)19(17)30(28-13)18-5-3-2-4-14(18)12-27-21(32)22(24,25)26/h2-9H,10-12H2,1H3,(H,27,32). The van der Waals surface area contributed by atoms with Crippen molar-refractivity contribution in [3.05, 3.63) is 75.5 Å². The molecule has 0 bridgehead atoms. The van der Waals surface area contributed by atoms with E-state index in [9.17, 15) is 22.8 Å². The Hall–Kier alpha value is -3.14. The van der Waals surface area contributed by atoms with Crippen LogP contribution in [0.15, 0.2) is 53.0 Å². The summed E-state index contributed by atoms with van der Waals surface area (Å²) in [5.41, 5.74) is 3.43. The maximum absolute atomic E-state index is 13.5. The van der Waals surface area contributed by atoms with Gasteiger partial charge >= 0.3 is 12.1 Å². The molecule has 0 atom stereocenters. The predicted octanol–water partition coefficient (Wildman–Crippen LogP) is 4.32. The average molecular weight is 507 g/mol. The van der Waals surface area contributed by atoms with E-state index in [1.165, 1.54) is 4.68 Å². The topological polar surface area (TPSA) is 67.2 Å². The number of amides is 2. The first-order valence-corrected chi connectivity index (χ1v) is 10.6. The summed E-state index contributed by atoms with van der Waals surface area (Å²) in [5, 5.41) is 6.40. The average Bonchev–Trinajstić information content (AvgIpc) is 3.10. The lowest BCUT2D eigenvalue weighted by atomic mass is 10.0. The molecule has 1 aliphatic rings. The fourth-order valence-corrected chi connectivity index (χ4v) is 3.98. The highest BCUT2D eigenvalue weighted by molar-refractivity contribution is 9.10. The van der Waals surface area contributed by atoms with Gasteiger partial charge in [0.25, 0.3) is 5.91 Å². The molecule has 1 aromatic heterocycles. The fraction of sp³-hybridized carbons (Fsp3) is 0.227. The SMILES string of the molecule is Cc1nn(-c2ccccc2CNC(=O)C(F)(F)F)c2c1CCN(c1ccc(Br)cc1)C2=O. The molecule has 166 valence electrons. The van der Waals surface area contributed by atoms with Crippen molar-refractivity contribution in [2.45, 2.75) is 26.1 Å². The van der Waals surface area contributed by atoms with Crippen LogP contribution in [0.2, 0.25) is 0 Å². The number of rotatable bonds is 4. The number of hydrogen-bond acceptors (Lipinski definition) is 3. The number of carbonyl (C=O) groups is 2. The van der Waals surface area contributed by atoms with E-state index in [2.05, 4.69) is 21.0 Å². The van der Waals surface area contributed by atoms with Crippen molar-refractivity contribution in [1.82, 2.24) is 15.1 Å². The Labute approximate surface area is 190 Å². The first-order valence-electron chi connectivity index (χ1n) is 9.76. The summed E-state index contributed by atoms with van der Waals surface area (Å²) in [7, 11) is 0. The van der Waals surface area contributed by atoms with Gasteiger partial charge in [0.1, 0.15) is 5.69 Å². The van der Waals surface area contributed by atoms with Gasteiger partial charge in [0.2, 0.25) is 0 Å². The molecule has 2 heterocycles. The Bertz CT molecular complexity index is 1190. The number of nitrogens with one attached hydrogen (secondary N) is 1. The third kappa shape index (κ3) is 4.14. The van der Waals surface area contributed by atoms with Gasteiger partial charge in [0.05, 0.1) is 11.4 Å². The summed E-state index contributed by atoms with van der Waals surface area (Å²) in [6.45, 7) is 1.93. The van der Waals surface area contributed by atoms with Crippen LogP contribution in [0.3, 0.4) is 0 Å². The van der Waals surface area contributed by atoms with Crippen LogP contribution < -0.4 is 10.2 Å². The molecular formula is C22H18BrF3N4O2. The second-order valence-corrected chi connectivity index (χ2v) is 8.23. The highest BCUT2D eigenvalue weighted by atomic mass is 79.9. The Balaban J connectivity index is 1.71. The summed E-state index contributed by atoms with van der Waals surface area (Å²) < 4.78 is 40.2. The van der Waals surface area contributed by atoms with E-state index in [-0.39, 0.29) is 12.5 Å². The summed E-state index contributed by atoms with van der Waals surface area (Å²) in [4.78, 5) is 26.4. The van der Waals surface area contributed by atoms with Crippen molar-refractivity contribution in [3.8, 4) is 5.69 Å². The Morgan fingerprint density at radius 1 is 1.16 bits per heavy atom. The molecule has 4 rings (SSSR count). The van der Waals surface area contributed by atoms with Crippen molar-refractivity contribution >= 4 is 33.4 Å². The van der Waals surface area contributed by atoms with Crippen molar-refractivity contribution in [2.24, 2.45) is 0 Å². The number of nitrogens with zero attached hydrogens (tertiary/aromatic N) is 3. The van der Waals surface area contributed by atoms with Crippen molar-refractivity contribution in [2.75, 3.05) is 11.4 Å². The van der Waals surface area contributed by atoms with Gasteiger partial charge in [-0.1, -0.05) is 34.1 Å². The van der Waals surface area contributed by atoms with Crippen molar-refractivity contribution in [1.29, 1.82) is 0 Å². The quantitative estimate of drug-likeness (QED) is 0.572. The molecule has 1 N–H and O–H groups in total. The molecule has 10 heteroatoms. The van der Waals surface area contributed by atoms with E-state index in [0.29, 0.717) is 35.6 Å². The smallest absolute Gasteiger partial charge is 0.344 e. The van der Waals surface area contributed by atoms with Crippen LogP contribution in [0.5, 0.6) is 0 Å². The number of benzene rings is 2. The zero-order valence-electron chi connectivity index (χ0n) is 16.9. The van der Waals surface area contributed by atoms with Crippen molar-refractivity contribution in [3.63, 3.8) is 0 Å². The van der Waals surface area contributed by atoms with Crippen LogP contribution in [0.4, 0.5) is 18.9 Å². The van der Waals surface area contributed by atoms with Gasteiger partial charge in [-0.3, -0.25) is 9.59 Å². The van der Waals surface area contributed by atoms with Gasteiger partial charge in [0.15, 0.2) is 0 Å². The fourth-order valence-electron chi connectivity index (χ4n) is 3.72. The molecular weight excluding hydrogens is 489 g/mol. The second kappa shape index (κ2) is 8.42. The normalized spacial score (nSPS) is 13.8. The molecule has 6 nitrogen and oxygen atoms in total. The Kier molecular flexibility index (Phi) is 5.81. The maximum Gasteiger partial charge on any atom is 0.471 e. The van der Waals surface area contributed by atoms with Crippen LogP contribution in [0, 0.1) is 6.92 Å². The minimum Gasteiger partial charge on any atom is -0.344 e. The predicted molar refractivity (Wildman–Crippen MR) is 116 cm³/mol. The third-order valence-corrected chi connectivity index (χ3v) is 5.80. The zero-order valence-corrected chi connectivity index (χ0v) is 18.5. The summed E-state index contributed by atoms with van der Waals surface area (Å²) in [6, 6.07) is 14.0. The molecule has 3 aromatic rings. The highest BCUT2D eigenvalue weighted by Gasteiger charge is 2.38. The van der Waals surface area contributed by atoms with Gasteiger partial charge in [-0.2, -0.15) is 18.3 Å². The molecule has 2 aromatic carbocycles. The third-order valence-electron chi connectivity index (χ3n) is 5.27. The van der Waals surface area contributed by atoms with E-state index in [1.807, 2.05) is 29.6 Å². The van der Waals surface area contributed by atoms with E-state index >= 15 is 0 Å². The highest BCUT2D eigenvalue weighted by Crippen LogP contribution is 2.30. The number of aromatic nitrogens is 2. The summed E-state index contributed by atoms with van der Waals surface area (Å²) in [6.07, 6.45) is -4.38. The zero-order chi connectivity index (χ0) is 23.0. The number of hydrogen-bond donors (Lipinski definition) is 1. The lowest BCUT2D eigenvalue weighted by Gasteiger charge is -2.28. The van der Waals surface area contributed by atoms with E-state index in [1.54, 1.807) is 36.1 Å². The first kappa shape index (κ1) is 22.1. The van der Waals surface area contributed by atoms with E-state index in [4.69, 9.17) is 0 Å². The lowest BCUT2D eigenvalue weighted by Crippen LogP contribution is -2.39. The number of aryl methyl sites for hydroxylation is 1. The van der Waals surface area contributed by atoms with Crippen LogP contribution in [-0.4, -0.2) is 34.3 Å². The molecule has 0 saturated carbocycles. The van der Waals surface area contributed by atoms with Crippen molar-refractivity contribution < 1.29 is 22.8 Å². The van der Waals surface area contributed by atoms with Gasteiger partial charge in [-0.25, -0.2) is 4.68 Å². The largest absolute Gasteiger partial charge is 0.471 e. The number of anilines is 1. The number of alkyl halides is 3. The van der Waals surface area contributed by atoms with Crippen LogP contribution >= 0.6 is 15.9 Å². The lowest BCUT2D eigenvalue weighted by molar-refractivity contribution is -0.173. The molecule has 32 heavy (non-hydrogen) atoms. The summed E-state index contributed by atoms with van der Waals surface area (Å²) >= 11 is 3.38. The summed E-state index contributed by atoms with van der Waals surface area (Å²) in [5.74, 6) is -2.27. The molecule has 0 radical (unpaired) electrons. The maximum atomic E-state index is 13.5. The van der Waals surface area contributed by atoms with Gasteiger partial charge in [-0.15, -0.1) is 0 Å². The molecule has 0 saturated heterocycles.